The Labute approximate surface area is 504 Å². The second kappa shape index (κ2) is 21.3. The van der Waals surface area contributed by atoms with Crippen LogP contribution >= 0.6 is 11.6 Å². The van der Waals surface area contributed by atoms with Gasteiger partial charge in [-0.3, -0.25) is 4.72 Å². The molecule has 0 unspecified atom stereocenters. The Hall–Kier alpha value is -4.64. The zero-order valence-electron chi connectivity index (χ0n) is 38.0. The normalized spacial score (nSPS) is 12.1. The average molecular weight is 1180 g/mol. The Bertz CT molecular complexity index is 4530. The number of aromatic nitrogens is 11. The van der Waals surface area contributed by atoms with E-state index in [0.717, 1.165) is 24.3 Å². The quantitative estimate of drug-likeness (QED) is 0.0945. The monoisotopic (exact) mass is 1180 g/mol. The molecule has 8 bridgehead atoms. The minimum Gasteiger partial charge on any atom is -0.744 e. The number of nitrogens with two attached hydrogens (primary N) is 1. The Kier molecular flexibility index (Phi) is 16.5. The summed E-state index contributed by atoms with van der Waals surface area (Å²) in [5.41, 5.74) is 3.87. The van der Waals surface area contributed by atoms with Gasteiger partial charge in [-0.05, 0) is 76.3 Å². The van der Waals surface area contributed by atoms with Crippen LogP contribution in [0.2, 0.25) is 5.28 Å². The molecular weight excluding hydrogens is 1160 g/mol. The van der Waals surface area contributed by atoms with Crippen molar-refractivity contribution in [1.82, 2.24) is 54.8 Å². The van der Waals surface area contributed by atoms with E-state index in [4.69, 9.17) is 17.3 Å². The van der Waals surface area contributed by atoms with Gasteiger partial charge in [-0.25, -0.2) is 43.6 Å². The van der Waals surface area contributed by atoms with Gasteiger partial charge in [0.05, 0.1) is 48.6 Å². The molecule has 6 heterocycles. The molecule has 4 N–H and O–H groups in total. The van der Waals surface area contributed by atoms with Gasteiger partial charge in [0.2, 0.25) is 17.2 Å². The summed E-state index contributed by atoms with van der Waals surface area (Å²) in [7, 11) is -20.4. The molecule has 0 fully saturated rings. The van der Waals surface area contributed by atoms with Crippen molar-refractivity contribution in [3.63, 3.8) is 0 Å². The van der Waals surface area contributed by atoms with E-state index in [9.17, 15) is 47.3 Å². The molecule has 5 aromatic carbocycles. The van der Waals surface area contributed by atoms with Gasteiger partial charge in [0, 0.05) is 55.9 Å². The smallest absolute Gasteiger partial charge is 0.744 e. The Balaban J connectivity index is 0.00000205. The van der Waals surface area contributed by atoms with E-state index >= 15 is 0 Å². The number of fused-ring (bicyclic) bond motifs is 20. The molecule has 11 rings (SSSR count). The first-order valence-electron chi connectivity index (χ1n) is 19.8. The van der Waals surface area contributed by atoms with Crippen molar-refractivity contribution in [3.05, 3.63) is 102 Å². The first-order valence-corrected chi connectivity index (χ1v) is 25.9. The number of halogens is 1. The summed E-state index contributed by atoms with van der Waals surface area (Å²) in [5, 5.41) is 2.11. The fourth-order valence-electron chi connectivity index (χ4n) is 7.90. The fourth-order valence-corrected chi connectivity index (χ4v) is 11.2. The topological polar surface area (TPSA) is 400 Å². The molecule has 0 saturated heterocycles. The molecule has 25 nitrogen and oxygen atoms in total. The Morgan fingerprint density at radius 1 is 0.493 bits per heavy atom. The van der Waals surface area contributed by atoms with Crippen LogP contribution < -0.4 is 114 Å². The van der Waals surface area contributed by atoms with Gasteiger partial charge in [0.15, 0.2) is 0 Å². The van der Waals surface area contributed by atoms with Crippen molar-refractivity contribution >= 4 is 119 Å². The fraction of sp³-hybridized carbons (Fsp3) is 0. The maximum atomic E-state index is 14.6. The van der Waals surface area contributed by atoms with Gasteiger partial charge in [0.25, 0.3) is 10.0 Å². The molecule has 0 spiro atoms. The number of hydrogen-bond donors (Lipinski definition) is 3. The molecule has 75 heavy (non-hydrogen) atoms. The zero-order valence-corrected chi connectivity index (χ0v) is 49.0. The number of nitrogens with zero attached hydrogens (tertiary/aromatic N) is 11. The third kappa shape index (κ3) is 11.0. The number of rotatable bonds is 8. The summed E-state index contributed by atoms with van der Waals surface area (Å²) in [6.45, 7) is 0. The molecule has 34 heteroatoms. The molecule has 1 radical (unpaired) electrons. The molecular formula is C41H20ClCuN14Na3O11S4. The second-order valence-electron chi connectivity index (χ2n) is 15.2. The van der Waals surface area contributed by atoms with Crippen LogP contribution in [0.5, 0.6) is 0 Å². The largest absolute Gasteiger partial charge is 2.00 e. The van der Waals surface area contributed by atoms with Crippen molar-refractivity contribution in [2.75, 3.05) is 15.8 Å². The minimum atomic E-state index is -5.33. The van der Waals surface area contributed by atoms with E-state index in [1.807, 2.05) is 0 Å². The maximum Gasteiger partial charge on any atom is 2.00 e. The van der Waals surface area contributed by atoms with Crippen molar-refractivity contribution in [3.8, 4) is 45.6 Å². The predicted octanol–water partition coefficient (Wildman–Crippen LogP) is -5.19. The average Bonchev–Trinajstić information content (AvgIpc) is 4.03. The van der Waals surface area contributed by atoms with Crippen LogP contribution in [0.4, 0.5) is 23.3 Å². The van der Waals surface area contributed by atoms with E-state index < -0.39 is 88.3 Å². The number of nitrogen functional groups attached to an aromatic ring is 1. The van der Waals surface area contributed by atoms with Gasteiger partial charge < -0.3 is 54.6 Å². The molecule has 2 aliphatic rings. The van der Waals surface area contributed by atoms with Gasteiger partial charge in [-0.1, -0.05) is 48.5 Å². The zero-order chi connectivity index (χ0) is 49.9. The third-order valence-electron chi connectivity index (χ3n) is 10.8. The van der Waals surface area contributed by atoms with E-state index in [1.54, 1.807) is 6.07 Å². The van der Waals surface area contributed by atoms with Crippen molar-refractivity contribution in [2.45, 2.75) is 19.6 Å². The summed E-state index contributed by atoms with van der Waals surface area (Å²) in [4.78, 5) is 45.1. The first-order chi connectivity index (χ1) is 33.6. The van der Waals surface area contributed by atoms with Crippen LogP contribution in [0, 0.1) is 0 Å². The molecule has 2 aliphatic heterocycles. The van der Waals surface area contributed by atoms with Gasteiger partial charge in [0.1, 0.15) is 30.4 Å². The SMILES string of the molecule is Nc1nc(Cl)nc(Nc2cccc(NS(=O)(=O)c3cccc4c3-c3nc-4nc4[n-]c(nc5nc(nc6[n-]c(n3)c3c(S(=O)(=O)[O-])cccc63)-c3c-5cccc3S(=O)(=O)[O-])c3cc(S(=O)(=O)[O-])ccc43)c2)n1.[Cu+2].[Na+].[Na+].[Na+]. The second-order valence-corrected chi connectivity index (χ2v) is 21.3. The van der Waals surface area contributed by atoms with Gasteiger partial charge >= 0.3 is 106 Å². The molecule has 9 aromatic rings. The van der Waals surface area contributed by atoms with Crippen molar-refractivity contribution < 1.29 is 153 Å². The number of hydrogen-bond acceptors (Lipinski definition) is 22. The molecule has 0 saturated carbocycles. The molecule has 0 aliphatic carbocycles. The molecule has 365 valence electrons. The Morgan fingerprint density at radius 2 is 1.01 bits per heavy atom. The predicted molar refractivity (Wildman–Crippen MR) is 248 cm³/mol. The summed E-state index contributed by atoms with van der Waals surface area (Å²) in [5.74, 6) is -1.75. The summed E-state index contributed by atoms with van der Waals surface area (Å²) in [6.07, 6.45) is 0. The number of sulfonamides is 1. The maximum absolute atomic E-state index is 14.6. The number of nitrogens with one attached hydrogen (secondary N) is 2. The van der Waals surface area contributed by atoms with Gasteiger partial charge in [-0.15, -0.1) is 0 Å². The molecule has 0 amide bonds. The van der Waals surface area contributed by atoms with Crippen LogP contribution in [0.15, 0.2) is 117 Å². The standard InChI is InChI=1S/C41H23ClN14O11S4.Cu.3Na/c42-39-53-40(43)55-41(54-39)44-17-5-1-6-18(15-17)56-68(57,58)25-10-2-7-21-28(25)36-48-32(21)45-31-20-14-13-19(69(59,60)61)16-24(20)35(46-31)47-33-22-8-3-11-26(70(62,63)64)29(22)37(49-33)50-34-23-9-4-12-27(71(65,66)67)30(23)38(51-34)52-36;;;;/h1-16,56H,(H6-2,43,44,45,46,47,48,49,50,51,52,53,54,55,59,60,61,62,63,64,65,66,67);;;;/q-2;+2;3*+1/p-3. The summed E-state index contributed by atoms with van der Waals surface area (Å²) >= 11 is 5.92. The van der Waals surface area contributed by atoms with E-state index in [1.165, 1.54) is 66.7 Å². The van der Waals surface area contributed by atoms with Crippen LogP contribution in [-0.2, 0) is 57.4 Å². The van der Waals surface area contributed by atoms with Crippen molar-refractivity contribution in [2.24, 2.45) is 0 Å². The number of benzene rings is 5. The van der Waals surface area contributed by atoms with E-state index in [-0.39, 0.29) is 196 Å². The van der Waals surface area contributed by atoms with Gasteiger partial charge in [-0.2, -0.15) is 15.0 Å². The van der Waals surface area contributed by atoms with Crippen LogP contribution in [0.1, 0.15) is 0 Å². The summed E-state index contributed by atoms with van der Waals surface area (Å²) < 4.78 is 145. The number of anilines is 4. The van der Waals surface area contributed by atoms with Crippen LogP contribution in [-0.4, -0.2) is 92.2 Å². The van der Waals surface area contributed by atoms with Crippen LogP contribution in [0.25, 0.3) is 89.7 Å². The van der Waals surface area contributed by atoms with E-state index in [2.05, 4.69) is 64.9 Å². The van der Waals surface area contributed by atoms with E-state index in [0.29, 0.717) is 0 Å². The molecule has 0 atom stereocenters. The van der Waals surface area contributed by atoms with Crippen molar-refractivity contribution in [1.29, 1.82) is 0 Å². The third-order valence-corrected chi connectivity index (χ3v) is 14.9. The minimum absolute atomic E-state index is 0. The molecule has 4 aromatic heterocycles. The Morgan fingerprint density at radius 3 is 1.64 bits per heavy atom. The van der Waals surface area contributed by atoms with Crippen LogP contribution in [0.3, 0.4) is 0 Å². The summed E-state index contributed by atoms with van der Waals surface area (Å²) in [6, 6.07) is 20.2. The first kappa shape index (κ1) is 58.1.